The van der Waals surface area contributed by atoms with Gasteiger partial charge in [0.05, 0.1) is 29.4 Å². The number of hydrogen-bond acceptors (Lipinski definition) is 7. The average Bonchev–Trinajstić information content (AvgIpc) is 3.48. The number of hydrogen-bond donors (Lipinski definition) is 0. The number of ether oxygens (including phenoxy) is 1. The molecule has 3 aromatic heterocycles. The van der Waals surface area contributed by atoms with Crippen molar-refractivity contribution in [3.63, 3.8) is 0 Å². The lowest BCUT2D eigenvalue weighted by molar-refractivity contribution is -0.134. The van der Waals surface area contributed by atoms with Crippen molar-refractivity contribution in [3.05, 3.63) is 53.8 Å². The number of fused-ring (bicyclic) bond motifs is 1. The number of amides is 1. The van der Waals surface area contributed by atoms with E-state index in [1.807, 2.05) is 17.9 Å². The first-order chi connectivity index (χ1) is 16.5. The Balaban J connectivity index is 1.34. The molecule has 0 spiro atoms. The number of oxazole rings is 1. The summed E-state index contributed by atoms with van der Waals surface area (Å²) in [5.41, 5.74) is 1.51. The highest BCUT2D eigenvalue weighted by molar-refractivity contribution is 6.32. The van der Waals surface area contributed by atoms with E-state index in [0.717, 1.165) is 5.39 Å². The minimum Gasteiger partial charge on any atom is -0.495 e. The molecular formula is C23H22ClFN6O3. The summed E-state index contributed by atoms with van der Waals surface area (Å²) >= 11 is 6.03. The minimum absolute atomic E-state index is 0.0156. The molecule has 0 radical (unpaired) electrons. The minimum atomic E-state index is -0.425. The van der Waals surface area contributed by atoms with Crippen LogP contribution < -0.4 is 9.64 Å². The molecule has 4 heterocycles. The van der Waals surface area contributed by atoms with Crippen molar-refractivity contribution in [1.82, 2.24) is 24.6 Å². The predicted octanol–water partition coefficient (Wildman–Crippen LogP) is 3.62. The first-order valence-corrected chi connectivity index (χ1v) is 11.1. The number of carbonyl (C=O) groups excluding carboxylic acids is 1. The maximum absolute atomic E-state index is 14.6. The second-order valence-corrected chi connectivity index (χ2v) is 8.45. The Morgan fingerprint density at radius 2 is 2.15 bits per heavy atom. The molecule has 176 valence electrons. The highest BCUT2D eigenvalue weighted by Crippen LogP contribution is 2.33. The monoisotopic (exact) mass is 484 g/mol. The van der Waals surface area contributed by atoms with Crippen molar-refractivity contribution in [2.75, 3.05) is 31.6 Å². The van der Waals surface area contributed by atoms with Gasteiger partial charge in [-0.25, -0.2) is 19.0 Å². The van der Waals surface area contributed by atoms with Gasteiger partial charge in [0.2, 0.25) is 11.8 Å². The van der Waals surface area contributed by atoms with Crippen LogP contribution in [0.1, 0.15) is 6.92 Å². The summed E-state index contributed by atoms with van der Waals surface area (Å²) in [6.45, 7) is 3.32. The van der Waals surface area contributed by atoms with Crippen molar-refractivity contribution in [1.29, 1.82) is 0 Å². The third-order valence-electron chi connectivity index (χ3n) is 5.94. The quantitative estimate of drug-likeness (QED) is 0.427. The Morgan fingerprint density at radius 1 is 1.29 bits per heavy atom. The fourth-order valence-electron chi connectivity index (χ4n) is 4.30. The second-order valence-electron chi connectivity index (χ2n) is 8.04. The fourth-order valence-corrected chi connectivity index (χ4v) is 4.53. The van der Waals surface area contributed by atoms with Gasteiger partial charge in [0.1, 0.15) is 24.4 Å². The van der Waals surface area contributed by atoms with Crippen LogP contribution in [0.3, 0.4) is 0 Å². The van der Waals surface area contributed by atoms with Gasteiger partial charge in [-0.1, -0.05) is 11.6 Å². The van der Waals surface area contributed by atoms with Crippen LogP contribution in [0.15, 0.2) is 47.3 Å². The summed E-state index contributed by atoms with van der Waals surface area (Å²) in [5, 5.41) is 5.53. The smallest absolute Gasteiger partial charge is 0.247 e. The predicted molar refractivity (Wildman–Crippen MR) is 124 cm³/mol. The Kier molecular flexibility index (Phi) is 5.82. The molecule has 1 atom stereocenters. The molecule has 1 saturated heterocycles. The summed E-state index contributed by atoms with van der Waals surface area (Å²) in [6.07, 6.45) is 4.67. The van der Waals surface area contributed by atoms with Crippen LogP contribution in [0, 0.1) is 5.82 Å². The fraction of sp³-hybridized carbons (Fsp3) is 0.304. The van der Waals surface area contributed by atoms with Gasteiger partial charge < -0.3 is 19.0 Å². The number of carbonyl (C=O) groups is 1. The number of methoxy groups -OCH3 is 1. The Labute approximate surface area is 199 Å². The number of benzene rings is 1. The van der Waals surface area contributed by atoms with Crippen molar-refractivity contribution in [2.45, 2.75) is 19.5 Å². The number of piperazine rings is 1. The highest BCUT2D eigenvalue weighted by Gasteiger charge is 2.30. The summed E-state index contributed by atoms with van der Waals surface area (Å²) in [4.78, 5) is 25.5. The largest absolute Gasteiger partial charge is 0.495 e. The van der Waals surface area contributed by atoms with Gasteiger partial charge in [0.25, 0.3) is 0 Å². The van der Waals surface area contributed by atoms with Gasteiger partial charge in [-0.05, 0) is 25.1 Å². The van der Waals surface area contributed by atoms with Crippen LogP contribution in [0.25, 0.3) is 22.6 Å². The van der Waals surface area contributed by atoms with E-state index >= 15 is 0 Å². The van der Waals surface area contributed by atoms with E-state index in [2.05, 4.69) is 15.1 Å². The summed E-state index contributed by atoms with van der Waals surface area (Å²) in [6, 6.07) is 6.36. The highest BCUT2D eigenvalue weighted by atomic mass is 35.5. The van der Waals surface area contributed by atoms with E-state index in [9.17, 15) is 9.18 Å². The summed E-state index contributed by atoms with van der Waals surface area (Å²) < 4.78 is 26.8. The van der Waals surface area contributed by atoms with Gasteiger partial charge in [0.15, 0.2) is 11.3 Å². The second kappa shape index (κ2) is 8.94. The zero-order chi connectivity index (χ0) is 23.8. The van der Waals surface area contributed by atoms with Crippen LogP contribution in [0.4, 0.5) is 10.1 Å². The van der Waals surface area contributed by atoms with Crippen molar-refractivity contribution >= 4 is 34.2 Å². The van der Waals surface area contributed by atoms with E-state index < -0.39 is 5.82 Å². The number of nitrogens with zero attached hydrogens (tertiary/aromatic N) is 6. The number of anilines is 1. The molecule has 1 fully saturated rings. The van der Waals surface area contributed by atoms with Crippen LogP contribution in [0.5, 0.6) is 5.75 Å². The van der Waals surface area contributed by atoms with Gasteiger partial charge in [-0.2, -0.15) is 5.10 Å². The molecule has 11 heteroatoms. The molecule has 9 nitrogen and oxygen atoms in total. The number of rotatable bonds is 5. The first-order valence-electron chi connectivity index (χ1n) is 10.7. The van der Waals surface area contributed by atoms with E-state index in [4.69, 9.17) is 20.8 Å². The molecule has 1 aromatic carbocycles. The average molecular weight is 485 g/mol. The van der Waals surface area contributed by atoms with E-state index in [0.29, 0.717) is 48.3 Å². The molecule has 0 bridgehead atoms. The van der Waals surface area contributed by atoms with E-state index in [-0.39, 0.29) is 23.5 Å². The maximum Gasteiger partial charge on any atom is 0.247 e. The number of aromatic nitrogens is 4. The molecule has 1 unspecified atom stereocenters. The molecule has 0 saturated carbocycles. The van der Waals surface area contributed by atoms with Crippen molar-refractivity contribution < 1.29 is 18.3 Å². The Bertz CT molecular complexity index is 1340. The first kappa shape index (κ1) is 22.1. The normalized spacial score (nSPS) is 16.3. The standard InChI is InChI=1S/C23H22ClFN6O3/c1-14-12-29(18-11-19(33-2)16(24)10-17(18)25)7-8-30(14)20(32)13-31-22-15(4-3-5-26-22)21(28-31)23-27-6-9-34-23/h3-6,9-11,14H,7-8,12-13H2,1-2H3. The molecule has 0 aliphatic carbocycles. The van der Waals surface area contributed by atoms with Crippen LogP contribution in [0.2, 0.25) is 5.02 Å². The lowest BCUT2D eigenvalue weighted by Crippen LogP contribution is -2.55. The molecule has 0 N–H and O–H groups in total. The maximum atomic E-state index is 14.6. The van der Waals surface area contributed by atoms with E-state index in [1.165, 1.54) is 19.4 Å². The Morgan fingerprint density at radius 3 is 2.88 bits per heavy atom. The molecule has 1 amide bonds. The zero-order valence-electron chi connectivity index (χ0n) is 18.6. The molecule has 34 heavy (non-hydrogen) atoms. The lowest BCUT2D eigenvalue weighted by atomic mass is 10.1. The molecule has 4 aromatic rings. The van der Waals surface area contributed by atoms with Gasteiger partial charge >= 0.3 is 0 Å². The SMILES string of the molecule is COc1cc(N2CCN(C(=O)Cn3nc(-c4ncco4)c4cccnc43)C(C)C2)c(F)cc1Cl. The van der Waals surface area contributed by atoms with Crippen LogP contribution >= 0.6 is 11.6 Å². The molecule has 5 rings (SSSR count). The van der Waals surface area contributed by atoms with Crippen molar-refractivity contribution in [3.8, 4) is 17.3 Å². The molecule has 1 aliphatic rings. The van der Waals surface area contributed by atoms with E-state index in [1.54, 1.807) is 34.1 Å². The summed E-state index contributed by atoms with van der Waals surface area (Å²) in [7, 11) is 1.49. The molecular weight excluding hydrogens is 463 g/mol. The Hall–Kier alpha value is -3.66. The number of halogens is 2. The topological polar surface area (TPSA) is 89.5 Å². The third-order valence-corrected chi connectivity index (χ3v) is 6.23. The van der Waals surface area contributed by atoms with Crippen molar-refractivity contribution in [2.24, 2.45) is 0 Å². The lowest BCUT2D eigenvalue weighted by Gasteiger charge is -2.41. The summed E-state index contributed by atoms with van der Waals surface area (Å²) in [5.74, 6) is 0.247. The van der Waals surface area contributed by atoms with Gasteiger partial charge in [-0.15, -0.1) is 0 Å². The molecule has 1 aliphatic heterocycles. The van der Waals surface area contributed by atoms with Crippen LogP contribution in [-0.2, 0) is 11.3 Å². The van der Waals surface area contributed by atoms with Gasteiger partial charge in [-0.3, -0.25) is 4.79 Å². The zero-order valence-corrected chi connectivity index (χ0v) is 19.4. The third kappa shape index (κ3) is 3.94. The van der Waals surface area contributed by atoms with Gasteiger partial charge in [0, 0.05) is 37.9 Å². The number of pyridine rings is 1. The van der Waals surface area contributed by atoms with Crippen LogP contribution in [-0.4, -0.2) is 63.3 Å².